The number of benzene rings is 1. The van der Waals surface area contributed by atoms with Crippen molar-refractivity contribution in [2.45, 2.75) is 26.7 Å². The number of amides is 2. The number of carbonyl (C=O) groups excluding carboxylic acids is 2. The zero-order valence-electron chi connectivity index (χ0n) is 14.8. The zero-order valence-corrected chi connectivity index (χ0v) is 15.6. The molecule has 0 aliphatic rings. The molecule has 0 aliphatic carbocycles. The average molecular weight is 388 g/mol. The van der Waals surface area contributed by atoms with Crippen molar-refractivity contribution in [1.29, 1.82) is 0 Å². The van der Waals surface area contributed by atoms with E-state index in [9.17, 15) is 9.59 Å². The van der Waals surface area contributed by atoms with Crippen LogP contribution in [0.5, 0.6) is 0 Å². The molecule has 0 bridgehead atoms. The first-order valence-corrected chi connectivity index (χ1v) is 8.67. The molecule has 3 rings (SSSR count). The Morgan fingerprint density at radius 1 is 1.11 bits per heavy atom. The second kappa shape index (κ2) is 8.09. The Hall–Kier alpha value is -3.06. The predicted molar refractivity (Wildman–Crippen MR) is 99.1 cm³/mol. The molecule has 7 nitrogen and oxygen atoms in total. The molecule has 2 aromatic heterocycles. The minimum absolute atomic E-state index is 0.115. The highest BCUT2D eigenvalue weighted by Gasteiger charge is 2.14. The minimum atomic E-state index is -0.432. The lowest BCUT2D eigenvalue weighted by atomic mass is 10.2. The quantitative estimate of drug-likeness (QED) is 0.652. The van der Waals surface area contributed by atoms with E-state index in [1.54, 1.807) is 38.2 Å². The van der Waals surface area contributed by atoms with Gasteiger partial charge in [0.05, 0.1) is 11.8 Å². The summed E-state index contributed by atoms with van der Waals surface area (Å²) >= 11 is 5.86. The Labute approximate surface area is 160 Å². The van der Waals surface area contributed by atoms with Gasteiger partial charge in [0.1, 0.15) is 11.5 Å². The van der Waals surface area contributed by atoms with Crippen LogP contribution in [0, 0.1) is 13.8 Å². The third-order valence-electron chi connectivity index (χ3n) is 3.85. The third-order valence-corrected chi connectivity index (χ3v) is 4.10. The van der Waals surface area contributed by atoms with Crippen LogP contribution >= 0.6 is 11.6 Å². The molecule has 1 aromatic carbocycles. The molecular formula is C19H18ClN3O4. The summed E-state index contributed by atoms with van der Waals surface area (Å²) < 4.78 is 10.9. The Bertz CT molecular complexity index is 960. The summed E-state index contributed by atoms with van der Waals surface area (Å²) in [7, 11) is 0. The number of halogens is 1. The molecule has 0 saturated heterocycles. The Kier molecular flexibility index (Phi) is 5.61. The van der Waals surface area contributed by atoms with Crippen molar-refractivity contribution in [2.75, 3.05) is 0 Å². The largest absolute Gasteiger partial charge is 0.466 e. The molecule has 0 atom stereocenters. The fourth-order valence-electron chi connectivity index (χ4n) is 2.51. The van der Waals surface area contributed by atoms with Gasteiger partial charge in [-0.3, -0.25) is 20.4 Å². The van der Waals surface area contributed by atoms with Crippen molar-refractivity contribution < 1.29 is 18.4 Å². The van der Waals surface area contributed by atoms with Crippen LogP contribution in [0.4, 0.5) is 0 Å². The number of nitrogens with zero attached hydrogens (tertiary/aromatic N) is 1. The lowest BCUT2D eigenvalue weighted by molar-refractivity contribution is -0.121. The number of hydrogen-bond acceptors (Lipinski definition) is 5. The van der Waals surface area contributed by atoms with Crippen LogP contribution < -0.4 is 10.9 Å². The summed E-state index contributed by atoms with van der Waals surface area (Å²) in [5, 5.41) is 0.637. The van der Waals surface area contributed by atoms with E-state index in [4.69, 9.17) is 20.4 Å². The van der Waals surface area contributed by atoms with Crippen LogP contribution in [0.2, 0.25) is 5.02 Å². The summed E-state index contributed by atoms with van der Waals surface area (Å²) in [5.74, 6) is 1.37. The number of hydrazine groups is 1. The van der Waals surface area contributed by atoms with Crippen LogP contribution in [-0.4, -0.2) is 16.8 Å². The van der Waals surface area contributed by atoms with Crippen LogP contribution in [0.25, 0.3) is 11.3 Å². The van der Waals surface area contributed by atoms with E-state index in [0.717, 1.165) is 5.56 Å². The van der Waals surface area contributed by atoms with Gasteiger partial charge < -0.3 is 8.83 Å². The van der Waals surface area contributed by atoms with Crippen molar-refractivity contribution >= 4 is 23.4 Å². The van der Waals surface area contributed by atoms with E-state index in [2.05, 4.69) is 15.8 Å². The van der Waals surface area contributed by atoms with Gasteiger partial charge in [-0.1, -0.05) is 11.6 Å². The second-order valence-corrected chi connectivity index (χ2v) is 6.39. The van der Waals surface area contributed by atoms with Gasteiger partial charge in [0.15, 0.2) is 11.7 Å². The standard InChI is InChI=1S/C19H18ClN3O4/c1-11-9-15(12(2)26-11)19(25)23-22-17(24)7-8-18-21-10-16(27-18)13-3-5-14(20)6-4-13/h3-6,9-10H,7-8H2,1-2H3,(H,22,24)(H,23,25). The molecule has 27 heavy (non-hydrogen) atoms. The molecule has 2 heterocycles. The average Bonchev–Trinajstić information content (AvgIpc) is 3.24. The minimum Gasteiger partial charge on any atom is -0.466 e. The van der Waals surface area contributed by atoms with E-state index in [-0.39, 0.29) is 12.3 Å². The molecule has 0 spiro atoms. The van der Waals surface area contributed by atoms with E-state index < -0.39 is 5.91 Å². The topological polar surface area (TPSA) is 97.4 Å². The molecule has 0 unspecified atom stereocenters. The summed E-state index contributed by atoms with van der Waals surface area (Å²) in [6, 6.07) is 8.79. The SMILES string of the molecule is Cc1cc(C(=O)NNC(=O)CCc2ncc(-c3ccc(Cl)cc3)o2)c(C)o1. The highest BCUT2D eigenvalue weighted by atomic mass is 35.5. The van der Waals surface area contributed by atoms with Gasteiger partial charge in [-0.25, -0.2) is 4.98 Å². The summed E-state index contributed by atoms with van der Waals surface area (Å²) in [5.41, 5.74) is 5.96. The van der Waals surface area contributed by atoms with Gasteiger partial charge in [-0.15, -0.1) is 0 Å². The number of rotatable bonds is 5. The van der Waals surface area contributed by atoms with Gasteiger partial charge in [-0.2, -0.15) is 0 Å². The number of furan rings is 1. The Morgan fingerprint density at radius 3 is 2.52 bits per heavy atom. The van der Waals surface area contributed by atoms with Crippen LogP contribution in [0.15, 0.2) is 45.4 Å². The third kappa shape index (κ3) is 4.77. The van der Waals surface area contributed by atoms with Crippen molar-refractivity contribution in [2.24, 2.45) is 0 Å². The maximum atomic E-state index is 12.0. The molecule has 0 radical (unpaired) electrons. The molecule has 2 amide bonds. The van der Waals surface area contributed by atoms with Gasteiger partial charge in [0, 0.05) is 23.4 Å². The number of hydrogen-bond donors (Lipinski definition) is 2. The van der Waals surface area contributed by atoms with Crippen molar-refractivity contribution in [3.05, 3.63) is 64.5 Å². The van der Waals surface area contributed by atoms with E-state index >= 15 is 0 Å². The van der Waals surface area contributed by atoms with Crippen LogP contribution in [-0.2, 0) is 11.2 Å². The first-order chi connectivity index (χ1) is 12.9. The predicted octanol–water partition coefficient (Wildman–Crippen LogP) is 3.60. The second-order valence-electron chi connectivity index (χ2n) is 5.95. The normalized spacial score (nSPS) is 10.6. The molecule has 140 valence electrons. The highest BCUT2D eigenvalue weighted by Crippen LogP contribution is 2.22. The molecule has 0 saturated carbocycles. The van der Waals surface area contributed by atoms with Crippen molar-refractivity contribution in [3.63, 3.8) is 0 Å². The van der Waals surface area contributed by atoms with Crippen molar-refractivity contribution in [1.82, 2.24) is 15.8 Å². The number of aryl methyl sites for hydroxylation is 3. The first kappa shape index (κ1) is 18.7. The number of oxazole rings is 1. The number of carbonyl (C=O) groups is 2. The monoisotopic (exact) mass is 387 g/mol. The summed E-state index contributed by atoms with van der Waals surface area (Å²) in [6.45, 7) is 3.43. The molecule has 0 fully saturated rings. The van der Waals surface area contributed by atoms with Crippen LogP contribution in [0.1, 0.15) is 34.2 Å². The molecule has 8 heteroatoms. The van der Waals surface area contributed by atoms with E-state index in [1.165, 1.54) is 0 Å². The zero-order chi connectivity index (χ0) is 19.4. The number of aromatic nitrogens is 1. The fraction of sp³-hybridized carbons (Fsp3) is 0.211. The molecular weight excluding hydrogens is 370 g/mol. The maximum Gasteiger partial charge on any atom is 0.273 e. The van der Waals surface area contributed by atoms with Crippen LogP contribution in [0.3, 0.4) is 0 Å². The molecule has 0 aliphatic heterocycles. The highest BCUT2D eigenvalue weighted by molar-refractivity contribution is 6.30. The fourth-order valence-corrected chi connectivity index (χ4v) is 2.63. The van der Waals surface area contributed by atoms with Gasteiger partial charge in [0.25, 0.3) is 5.91 Å². The van der Waals surface area contributed by atoms with Crippen molar-refractivity contribution in [3.8, 4) is 11.3 Å². The lowest BCUT2D eigenvalue weighted by Crippen LogP contribution is -2.41. The molecule has 2 N–H and O–H groups in total. The van der Waals surface area contributed by atoms with E-state index in [0.29, 0.717) is 40.2 Å². The Balaban J connectivity index is 1.49. The number of nitrogens with one attached hydrogen (secondary N) is 2. The summed E-state index contributed by atoms with van der Waals surface area (Å²) in [6.07, 6.45) is 2.02. The first-order valence-electron chi connectivity index (χ1n) is 8.29. The smallest absolute Gasteiger partial charge is 0.273 e. The molecule has 3 aromatic rings. The summed E-state index contributed by atoms with van der Waals surface area (Å²) in [4.78, 5) is 28.1. The van der Waals surface area contributed by atoms with Gasteiger partial charge in [-0.05, 0) is 44.2 Å². The Morgan fingerprint density at radius 2 is 1.85 bits per heavy atom. The van der Waals surface area contributed by atoms with E-state index in [1.807, 2.05) is 12.1 Å². The maximum absolute atomic E-state index is 12.0. The lowest BCUT2D eigenvalue weighted by Gasteiger charge is -2.05. The van der Waals surface area contributed by atoms with Gasteiger partial charge >= 0.3 is 0 Å². The van der Waals surface area contributed by atoms with Gasteiger partial charge in [0.2, 0.25) is 5.91 Å².